The second-order valence-electron chi connectivity index (χ2n) is 9.55. The van der Waals surface area contributed by atoms with E-state index in [0.717, 1.165) is 48.9 Å². The SMILES string of the molecule is FCCCC1CCC(C2CCC(C3CCC(CCF)CC3)CC2)CC1. The van der Waals surface area contributed by atoms with E-state index in [1.165, 1.54) is 77.0 Å². The second-order valence-corrected chi connectivity index (χ2v) is 9.55. The Kier molecular flexibility index (Phi) is 8.05. The maximum absolute atomic E-state index is 12.5. The predicted molar refractivity (Wildman–Crippen MR) is 102 cm³/mol. The van der Waals surface area contributed by atoms with Crippen LogP contribution in [0.4, 0.5) is 8.78 Å². The van der Waals surface area contributed by atoms with Crippen LogP contribution in [0.2, 0.25) is 0 Å². The largest absolute Gasteiger partial charge is 0.251 e. The third kappa shape index (κ3) is 5.67. The van der Waals surface area contributed by atoms with Gasteiger partial charge in [0, 0.05) is 0 Å². The summed E-state index contributed by atoms with van der Waals surface area (Å²) in [5.41, 5.74) is 0. The summed E-state index contributed by atoms with van der Waals surface area (Å²) < 4.78 is 24.9. The first-order valence-corrected chi connectivity index (χ1v) is 11.4. The molecule has 0 aromatic heterocycles. The van der Waals surface area contributed by atoms with Gasteiger partial charge in [0.15, 0.2) is 0 Å². The van der Waals surface area contributed by atoms with Gasteiger partial charge in [0.1, 0.15) is 0 Å². The van der Waals surface area contributed by atoms with Gasteiger partial charge in [-0.1, -0.05) is 25.7 Å². The molecule has 0 aromatic carbocycles. The van der Waals surface area contributed by atoms with E-state index in [0.29, 0.717) is 5.92 Å². The lowest BCUT2D eigenvalue weighted by Crippen LogP contribution is -2.29. The molecule has 0 nitrogen and oxygen atoms in total. The van der Waals surface area contributed by atoms with Gasteiger partial charge in [0.25, 0.3) is 0 Å². The summed E-state index contributed by atoms with van der Waals surface area (Å²) in [4.78, 5) is 0. The van der Waals surface area contributed by atoms with Crippen molar-refractivity contribution in [2.45, 2.75) is 96.3 Å². The molecule has 0 bridgehead atoms. The fraction of sp³-hybridized carbons (Fsp3) is 1.00. The van der Waals surface area contributed by atoms with Crippen molar-refractivity contribution in [1.82, 2.24) is 0 Å². The number of rotatable bonds is 7. The number of hydrogen-bond donors (Lipinski definition) is 0. The van der Waals surface area contributed by atoms with Crippen molar-refractivity contribution in [3.05, 3.63) is 0 Å². The van der Waals surface area contributed by atoms with Gasteiger partial charge in [-0.2, -0.15) is 0 Å². The molecule has 0 saturated heterocycles. The van der Waals surface area contributed by atoms with Crippen LogP contribution in [0, 0.1) is 35.5 Å². The minimum absolute atomic E-state index is 0.115. The highest BCUT2D eigenvalue weighted by atomic mass is 19.1. The van der Waals surface area contributed by atoms with E-state index in [4.69, 9.17) is 0 Å². The first kappa shape index (κ1) is 19.6. The van der Waals surface area contributed by atoms with Crippen molar-refractivity contribution in [1.29, 1.82) is 0 Å². The molecule has 146 valence electrons. The van der Waals surface area contributed by atoms with Crippen LogP contribution in [0.1, 0.15) is 96.3 Å². The Hall–Kier alpha value is -0.140. The predicted octanol–water partition coefficient (Wildman–Crippen LogP) is 7.51. The van der Waals surface area contributed by atoms with Crippen LogP contribution in [-0.4, -0.2) is 13.3 Å². The highest BCUT2D eigenvalue weighted by Gasteiger charge is 2.34. The van der Waals surface area contributed by atoms with E-state index in [1.807, 2.05) is 0 Å². The zero-order valence-electron chi connectivity index (χ0n) is 16.2. The first-order chi connectivity index (χ1) is 12.3. The Morgan fingerprint density at radius 3 is 1.16 bits per heavy atom. The van der Waals surface area contributed by atoms with E-state index in [-0.39, 0.29) is 13.3 Å². The quantitative estimate of drug-likeness (QED) is 0.443. The average molecular weight is 355 g/mol. The monoisotopic (exact) mass is 354 g/mol. The molecule has 0 heterocycles. The molecule has 3 aliphatic carbocycles. The maximum Gasteiger partial charge on any atom is 0.0897 e. The van der Waals surface area contributed by atoms with Crippen LogP contribution in [0.5, 0.6) is 0 Å². The highest BCUT2D eigenvalue weighted by Crippen LogP contribution is 2.46. The maximum atomic E-state index is 12.5. The summed E-state index contributed by atoms with van der Waals surface area (Å²) in [7, 11) is 0. The molecule has 0 N–H and O–H groups in total. The Morgan fingerprint density at radius 2 is 0.800 bits per heavy atom. The van der Waals surface area contributed by atoms with Crippen molar-refractivity contribution in [3.63, 3.8) is 0 Å². The van der Waals surface area contributed by atoms with Crippen LogP contribution in [0.25, 0.3) is 0 Å². The summed E-state index contributed by atoms with van der Waals surface area (Å²) in [5, 5.41) is 0. The summed E-state index contributed by atoms with van der Waals surface area (Å²) >= 11 is 0. The van der Waals surface area contributed by atoms with E-state index in [9.17, 15) is 8.78 Å². The van der Waals surface area contributed by atoms with Crippen molar-refractivity contribution < 1.29 is 8.78 Å². The van der Waals surface area contributed by atoms with Gasteiger partial charge in [-0.3, -0.25) is 8.78 Å². The Balaban J connectivity index is 1.34. The third-order valence-corrected chi connectivity index (χ3v) is 8.20. The minimum Gasteiger partial charge on any atom is -0.251 e. The van der Waals surface area contributed by atoms with Crippen molar-refractivity contribution in [2.24, 2.45) is 35.5 Å². The summed E-state index contributed by atoms with van der Waals surface area (Å²) in [6.45, 7) is -0.240. The van der Waals surface area contributed by atoms with Crippen LogP contribution < -0.4 is 0 Å². The fourth-order valence-corrected chi connectivity index (χ4v) is 6.50. The molecule has 0 spiro atoms. The fourth-order valence-electron chi connectivity index (χ4n) is 6.50. The molecule has 3 saturated carbocycles. The lowest BCUT2D eigenvalue weighted by molar-refractivity contribution is 0.101. The molecule has 0 aliphatic heterocycles. The van der Waals surface area contributed by atoms with Crippen LogP contribution in [0.15, 0.2) is 0 Å². The molecule has 0 aromatic rings. The molecule has 0 atom stereocenters. The molecule has 3 rings (SSSR count). The van der Waals surface area contributed by atoms with Crippen LogP contribution in [0.3, 0.4) is 0 Å². The van der Waals surface area contributed by atoms with Gasteiger partial charge in [-0.15, -0.1) is 0 Å². The second kappa shape index (κ2) is 10.3. The zero-order valence-corrected chi connectivity index (χ0v) is 16.2. The Morgan fingerprint density at radius 1 is 0.440 bits per heavy atom. The molecular weight excluding hydrogens is 314 g/mol. The minimum atomic E-state index is -0.125. The van der Waals surface area contributed by atoms with E-state index < -0.39 is 0 Å². The van der Waals surface area contributed by atoms with Gasteiger partial charge in [-0.25, -0.2) is 0 Å². The van der Waals surface area contributed by atoms with Crippen molar-refractivity contribution in [3.8, 4) is 0 Å². The summed E-state index contributed by atoms with van der Waals surface area (Å²) in [6.07, 6.45) is 19.5. The molecule has 0 amide bonds. The molecule has 25 heavy (non-hydrogen) atoms. The number of halogens is 2. The standard InChI is InChI=1S/C23H40F2/c24-16-1-2-18-3-7-20(8-4-18)22-11-13-23(14-12-22)21-9-5-19(6-10-21)15-17-25/h18-23H,1-17H2. The van der Waals surface area contributed by atoms with Gasteiger partial charge in [-0.05, 0) is 106 Å². The van der Waals surface area contributed by atoms with Crippen molar-refractivity contribution in [2.75, 3.05) is 13.3 Å². The third-order valence-electron chi connectivity index (χ3n) is 8.20. The highest BCUT2D eigenvalue weighted by molar-refractivity contribution is 4.85. The summed E-state index contributed by atoms with van der Waals surface area (Å²) in [5.74, 6) is 5.40. The van der Waals surface area contributed by atoms with E-state index in [1.54, 1.807) is 0 Å². The van der Waals surface area contributed by atoms with Gasteiger partial charge >= 0.3 is 0 Å². The zero-order chi connectivity index (χ0) is 17.5. The van der Waals surface area contributed by atoms with E-state index in [2.05, 4.69) is 0 Å². The smallest absolute Gasteiger partial charge is 0.0897 e. The molecular formula is C23H40F2. The Bertz CT molecular complexity index is 345. The normalized spacial score (nSPS) is 40.1. The lowest BCUT2D eigenvalue weighted by Gasteiger charge is -2.41. The Labute approximate surface area is 154 Å². The van der Waals surface area contributed by atoms with Gasteiger partial charge in [0.2, 0.25) is 0 Å². The molecule has 3 fully saturated rings. The first-order valence-electron chi connectivity index (χ1n) is 11.4. The van der Waals surface area contributed by atoms with Crippen molar-refractivity contribution >= 4 is 0 Å². The molecule has 0 unspecified atom stereocenters. The number of alkyl halides is 2. The lowest BCUT2D eigenvalue weighted by atomic mass is 9.65. The molecule has 0 radical (unpaired) electrons. The average Bonchev–Trinajstić information content (AvgIpc) is 2.68. The van der Waals surface area contributed by atoms with Crippen LogP contribution in [-0.2, 0) is 0 Å². The van der Waals surface area contributed by atoms with Gasteiger partial charge < -0.3 is 0 Å². The molecule has 2 heteroatoms. The summed E-state index contributed by atoms with van der Waals surface area (Å²) in [6, 6.07) is 0. The van der Waals surface area contributed by atoms with Gasteiger partial charge in [0.05, 0.1) is 13.3 Å². The van der Waals surface area contributed by atoms with Crippen LogP contribution >= 0.6 is 0 Å². The molecule has 3 aliphatic rings. The van der Waals surface area contributed by atoms with E-state index >= 15 is 0 Å². The number of hydrogen-bond acceptors (Lipinski definition) is 0. The topological polar surface area (TPSA) is 0 Å².